The number of fused-ring (bicyclic) bond motifs is 1. The summed E-state index contributed by atoms with van der Waals surface area (Å²) in [4.78, 5) is 12.2. The van der Waals surface area contributed by atoms with Gasteiger partial charge < -0.3 is 14.3 Å². The van der Waals surface area contributed by atoms with Crippen LogP contribution in [0.5, 0.6) is 5.75 Å². The molecule has 1 aromatic heterocycles. The highest BCUT2D eigenvalue weighted by Crippen LogP contribution is 2.27. The zero-order valence-corrected chi connectivity index (χ0v) is 13.0. The molecule has 1 heterocycles. The van der Waals surface area contributed by atoms with E-state index in [1.807, 2.05) is 12.1 Å². The van der Waals surface area contributed by atoms with Crippen molar-refractivity contribution in [1.29, 1.82) is 0 Å². The Morgan fingerprint density at radius 3 is 2.65 bits per heavy atom. The highest BCUT2D eigenvalue weighted by molar-refractivity contribution is 6.34. The van der Waals surface area contributed by atoms with Gasteiger partial charge in [0.15, 0.2) is 11.0 Å². The number of hydrogen-bond donors (Lipinski definition) is 1. The predicted octanol–water partition coefficient (Wildman–Crippen LogP) is 3.87. The minimum atomic E-state index is -0.132. The van der Waals surface area contributed by atoms with Crippen molar-refractivity contribution in [2.45, 2.75) is 6.42 Å². The Balaban J connectivity index is 1.94. The van der Waals surface area contributed by atoms with Gasteiger partial charge in [0, 0.05) is 24.7 Å². The largest absolute Gasteiger partial charge is 0.494 e. The normalized spacial score (nSPS) is 10.9. The Hall–Kier alpha value is -2.30. The molecule has 0 saturated carbocycles. The van der Waals surface area contributed by atoms with Gasteiger partial charge in [-0.1, -0.05) is 17.7 Å². The number of ether oxygens (including phenoxy) is 1. The maximum Gasteiger partial charge on any atom is 0.193 e. The fourth-order valence-electron chi connectivity index (χ4n) is 2.26. The van der Waals surface area contributed by atoms with Crippen molar-refractivity contribution >= 4 is 22.6 Å². The van der Waals surface area contributed by atoms with Gasteiger partial charge >= 0.3 is 0 Å². The second-order valence-corrected chi connectivity index (χ2v) is 5.45. The van der Waals surface area contributed by atoms with Gasteiger partial charge in [-0.3, -0.25) is 4.79 Å². The molecule has 1 N–H and O–H groups in total. The number of benzene rings is 2. The quantitative estimate of drug-likeness (QED) is 0.721. The number of aliphatic hydroxyl groups is 1. The first-order valence-electron chi connectivity index (χ1n) is 7.25. The van der Waals surface area contributed by atoms with Gasteiger partial charge in [0.1, 0.15) is 11.5 Å². The third-order valence-corrected chi connectivity index (χ3v) is 3.71. The summed E-state index contributed by atoms with van der Waals surface area (Å²) >= 11 is 6.11. The van der Waals surface area contributed by atoms with Crippen LogP contribution in [0.4, 0.5) is 0 Å². The zero-order chi connectivity index (χ0) is 16.2. The lowest BCUT2D eigenvalue weighted by Gasteiger charge is -2.07. The third-order valence-electron chi connectivity index (χ3n) is 3.42. The topological polar surface area (TPSA) is 59.7 Å². The Kier molecular flexibility index (Phi) is 4.65. The highest BCUT2D eigenvalue weighted by atomic mass is 35.5. The van der Waals surface area contributed by atoms with Crippen LogP contribution in [0, 0.1) is 0 Å². The molecule has 0 saturated heterocycles. The molecule has 4 nitrogen and oxygen atoms in total. The smallest absolute Gasteiger partial charge is 0.193 e. The summed E-state index contributed by atoms with van der Waals surface area (Å²) in [5, 5.41) is 9.61. The molecule has 3 rings (SSSR count). The number of para-hydroxylation sites is 1. The lowest BCUT2D eigenvalue weighted by Crippen LogP contribution is -2.01. The van der Waals surface area contributed by atoms with Crippen LogP contribution in [-0.4, -0.2) is 18.3 Å². The molecule has 0 spiro atoms. The first kappa shape index (κ1) is 15.6. The summed E-state index contributed by atoms with van der Waals surface area (Å²) in [6, 6.07) is 13.8. The molecule has 5 heteroatoms. The van der Waals surface area contributed by atoms with E-state index in [-0.39, 0.29) is 12.0 Å². The molecular formula is C18H15ClO4. The van der Waals surface area contributed by atoms with Crippen molar-refractivity contribution in [3.63, 3.8) is 0 Å². The SMILES string of the molecule is O=c1cc(-c2ccc(OCCCO)cc2)oc2c(Cl)cccc12. The first-order chi connectivity index (χ1) is 11.2. The van der Waals surface area contributed by atoms with E-state index in [9.17, 15) is 4.79 Å². The summed E-state index contributed by atoms with van der Waals surface area (Å²) in [5.41, 5.74) is 1.02. The summed E-state index contributed by atoms with van der Waals surface area (Å²) in [5.74, 6) is 1.15. The van der Waals surface area contributed by atoms with Gasteiger partial charge in [-0.25, -0.2) is 0 Å². The molecule has 3 aromatic rings. The van der Waals surface area contributed by atoms with Crippen molar-refractivity contribution in [3.05, 3.63) is 63.8 Å². The predicted molar refractivity (Wildman–Crippen MR) is 90.1 cm³/mol. The zero-order valence-electron chi connectivity index (χ0n) is 12.3. The lowest BCUT2D eigenvalue weighted by molar-refractivity contribution is 0.233. The summed E-state index contributed by atoms with van der Waals surface area (Å²) in [7, 11) is 0. The van der Waals surface area contributed by atoms with E-state index in [1.165, 1.54) is 6.07 Å². The number of aliphatic hydroxyl groups excluding tert-OH is 1. The summed E-state index contributed by atoms with van der Waals surface area (Å²) in [6.45, 7) is 0.553. The van der Waals surface area contributed by atoms with Crippen LogP contribution in [-0.2, 0) is 0 Å². The number of halogens is 1. The fraction of sp³-hybridized carbons (Fsp3) is 0.167. The van der Waals surface area contributed by atoms with E-state index >= 15 is 0 Å². The van der Waals surface area contributed by atoms with Gasteiger partial charge in [-0.05, 0) is 36.4 Å². The van der Waals surface area contributed by atoms with Crippen molar-refractivity contribution in [2.24, 2.45) is 0 Å². The van der Waals surface area contributed by atoms with Crippen LogP contribution >= 0.6 is 11.6 Å². The second kappa shape index (κ2) is 6.86. The Morgan fingerprint density at radius 2 is 1.91 bits per heavy atom. The highest BCUT2D eigenvalue weighted by Gasteiger charge is 2.09. The van der Waals surface area contributed by atoms with Crippen LogP contribution in [0.25, 0.3) is 22.3 Å². The molecule has 0 aliphatic heterocycles. The minimum Gasteiger partial charge on any atom is -0.494 e. The Labute approximate surface area is 137 Å². The van der Waals surface area contributed by atoms with E-state index < -0.39 is 0 Å². The van der Waals surface area contributed by atoms with E-state index in [4.69, 9.17) is 25.9 Å². The number of hydrogen-bond acceptors (Lipinski definition) is 4. The van der Waals surface area contributed by atoms with Gasteiger partial charge in [0.05, 0.1) is 17.0 Å². The molecule has 0 radical (unpaired) electrons. The number of rotatable bonds is 5. The van der Waals surface area contributed by atoms with Crippen molar-refractivity contribution in [3.8, 4) is 17.1 Å². The summed E-state index contributed by atoms with van der Waals surface area (Å²) in [6.07, 6.45) is 0.583. The van der Waals surface area contributed by atoms with Crippen LogP contribution in [0.3, 0.4) is 0 Å². The van der Waals surface area contributed by atoms with Crippen molar-refractivity contribution in [1.82, 2.24) is 0 Å². The maximum absolute atomic E-state index is 12.2. The maximum atomic E-state index is 12.2. The van der Waals surface area contributed by atoms with Gasteiger partial charge in [0.25, 0.3) is 0 Å². The minimum absolute atomic E-state index is 0.0983. The fourth-order valence-corrected chi connectivity index (χ4v) is 2.47. The lowest BCUT2D eigenvalue weighted by atomic mass is 10.1. The summed E-state index contributed by atoms with van der Waals surface area (Å²) < 4.78 is 11.3. The molecule has 0 aliphatic rings. The second-order valence-electron chi connectivity index (χ2n) is 5.04. The van der Waals surface area contributed by atoms with E-state index in [1.54, 1.807) is 30.3 Å². The van der Waals surface area contributed by atoms with Crippen LogP contribution in [0.1, 0.15) is 6.42 Å². The van der Waals surface area contributed by atoms with Crippen LogP contribution in [0.15, 0.2) is 57.7 Å². The molecular weight excluding hydrogens is 316 g/mol. The third kappa shape index (κ3) is 3.38. The van der Waals surface area contributed by atoms with Gasteiger partial charge in [0.2, 0.25) is 0 Å². The molecule has 0 amide bonds. The van der Waals surface area contributed by atoms with E-state index in [0.717, 1.165) is 5.56 Å². The average molecular weight is 331 g/mol. The van der Waals surface area contributed by atoms with Crippen LogP contribution in [0.2, 0.25) is 5.02 Å². The first-order valence-corrected chi connectivity index (χ1v) is 7.63. The molecule has 2 aromatic carbocycles. The molecule has 118 valence electrons. The Bertz CT molecular complexity index is 868. The standard InChI is InChI=1S/C18H15ClO4/c19-15-4-1-3-14-16(21)11-17(23-18(14)15)12-5-7-13(8-6-12)22-10-2-9-20/h1,3-8,11,20H,2,9-10H2. The van der Waals surface area contributed by atoms with E-state index in [2.05, 4.69) is 0 Å². The average Bonchev–Trinajstić information content (AvgIpc) is 2.57. The molecule has 0 unspecified atom stereocenters. The van der Waals surface area contributed by atoms with Crippen molar-refractivity contribution in [2.75, 3.05) is 13.2 Å². The van der Waals surface area contributed by atoms with E-state index in [0.29, 0.717) is 40.5 Å². The molecule has 23 heavy (non-hydrogen) atoms. The molecule has 0 fully saturated rings. The monoisotopic (exact) mass is 330 g/mol. The molecule has 0 bridgehead atoms. The van der Waals surface area contributed by atoms with Gasteiger partial charge in [-0.15, -0.1) is 0 Å². The Morgan fingerprint density at radius 1 is 1.13 bits per heavy atom. The van der Waals surface area contributed by atoms with Gasteiger partial charge in [-0.2, -0.15) is 0 Å². The van der Waals surface area contributed by atoms with Crippen LogP contribution < -0.4 is 10.2 Å². The molecule has 0 aliphatic carbocycles. The van der Waals surface area contributed by atoms with Crippen molar-refractivity contribution < 1.29 is 14.3 Å². The molecule has 0 atom stereocenters.